The highest BCUT2D eigenvalue weighted by molar-refractivity contribution is 8.01. The Morgan fingerprint density at radius 3 is 2.55 bits per heavy atom. The lowest BCUT2D eigenvalue weighted by molar-refractivity contribution is -0.116. The van der Waals surface area contributed by atoms with Crippen LogP contribution in [0.2, 0.25) is 0 Å². The van der Waals surface area contributed by atoms with Gasteiger partial charge in [-0.2, -0.15) is 5.26 Å². The first-order chi connectivity index (χ1) is 20.2. The van der Waals surface area contributed by atoms with Gasteiger partial charge in [-0.25, -0.2) is 4.79 Å². The number of nitrogens with zero attached hydrogens (tertiary/aromatic N) is 4. The molecule has 0 fully saturated rings. The van der Waals surface area contributed by atoms with Gasteiger partial charge < -0.3 is 15.8 Å². The third kappa shape index (κ3) is 5.53. The van der Waals surface area contributed by atoms with Crippen LogP contribution in [0.5, 0.6) is 0 Å². The van der Waals surface area contributed by atoms with E-state index in [4.69, 9.17) is 10.5 Å². The number of hydrogen-bond acceptors (Lipinski definition) is 11. The number of thioether (sulfide) groups is 1. The number of rotatable bonds is 7. The van der Waals surface area contributed by atoms with E-state index in [0.717, 1.165) is 16.8 Å². The average Bonchev–Trinajstić information content (AvgIpc) is 3.45. The van der Waals surface area contributed by atoms with Gasteiger partial charge in [0, 0.05) is 23.4 Å². The van der Waals surface area contributed by atoms with E-state index in [1.54, 1.807) is 29.2 Å². The van der Waals surface area contributed by atoms with Crippen LogP contribution < -0.4 is 16.0 Å². The molecule has 3 aromatic rings. The molecule has 1 aromatic heterocycles. The molecule has 1 aliphatic heterocycles. The van der Waals surface area contributed by atoms with E-state index in [1.165, 1.54) is 30.2 Å². The van der Waals surface area contributed by atoms with Gasteiger partial charge in [-0.1, -0.05) is 53.4 Å². The molecule has 42 heavy (non-hydrogen) atoms. The molecule has 12 heteroatoms. The Morgan fingerprint density at radius 2 is 1.88 bits per heavy atom. The number of anilines is 2. The first-order valence-corrected chi connectivity index (χ1v) is 15.0. The van der Waals surface area contributed by atoms with Crippen molar-refractivity contribution in [2.45, 2.75) is 43.4 Å². The summed E-state index contributed by atoms with van der Waals surface area (Å²) in [5, 5.41) is 22.2. The lowest BCUT2D eigenvalue weighted by atomic mass is 9.75. The van der Waals surface area contributed by atoms with Crippen molar-refractivity contribution in [3.8, 4) is 6.07 Å². The third-order valence-electron chi connectivity index (χ3n) is 7.24. The summed E-state index contributed by atoms with van der Waals surface area (Å²) in [6.07, 6.45) is 1.56. The van der Waals surface area contributed by atoms with Crippen molar-refractivity contribution >= 4 is 51.6 Å². The number of carbonyl (C=O) groups is 3. The second-order valence-electron chi connectivity index (χ2n) is 9.88. The summed E-state index contributed by atoms with van der Waals surface area (Å²) < 4.78 is 5.34. The van der Waals surface area contributed by atoms with Crippen LogP contribution in [0.1, 0.15) is 52.2 Å². The number of methoxy groups -OCH3 is 1. The summed E-state index contributed by atoms with van der Waals surface area (Å²) in [4.78, 5) is 39.6. The van der Waals surface area contributed by atoms with Crippen LogP contribution in [0, 0.1) is 25.2 Å². The number of carbonyl (C=O) groups excluding carboxylic acids is 3. The number of aryl methyl sites for hydroxylation is 2. The number of ether oxygens (including phenoxy) is 1. The molecule has 0 saturated heterocycles. The van der Waals surface area contributed by atoms with Crippen molar-refractivity contribution < 1.29 is 19.1 Å². The predicted molar refractivity (Wildman–Crippen MR) is 161 cm³/mol. The highest BCUT2D eigenvalue weighted by atomic mass is 32.2. The third-order valence-corrected chi connectivity index (χ3v) is 9.28. The molecule has 5 rings (SSSR count). The molecule has 3 N–H and O–H groups in total. The Morgan fingerprint density at radius 1 is 1.17 bits per heavy atom. The van der Waals surface area contributed by atoms with Crippen molar-refractivity contribution in [2.24, 2.45) is 5.73 Å². The molecular formula is C30H28N6O4S2. The van der Waals surface area contributed by atoms with Crippen molar-refractivity contribution in [1.29, 1.82) is 5.26 Å². The largest absolute Gasteiger partial charge is 0.465 e. The van der Waals surface area contributed by atoms with E-state index < -0.39 is 11.9 Å². The maximum Gasteiger partial charge on any atom is 0.337 e. The summed E-state index contributed by atoms with van der Waals surface area (Å²) in [6.45, 7) is 3.89. The molecule has 10 nitrogen and oxygen atoms in total. The van der Waals surface area contributed by atoms with Crippen molar-refractivity contribution in [3.05, 3.63) is 87.4 Å². The van der Waals surface area contributed by atoms with Crippen molar-refractivity contribution in [3.63, 3.8) is 0 Å². The van der Waals surface area contributed by atoms with Gasteiger partial charge in [0.1, 0.15) is 5.82 Å². The SMILES string of the molecule is COC(=O)c1ccc(C2C(C#N)=C(N)N(c3nnc(SCC(=O)Nc4c(C)cccc4C)s3)C3=C2C(=O)CCC3)cc1. The Labute approximate surface area is 251 Å². The minimum Gasteiger partial charge on any atom is -0.465 e. The molecule has 0 radical (unpaired) electrons. The second-order valence-corrected chi connectivity index (χ2v) is 12.1. The van der Waals surface area contributed by atoms with Crippen LogP contribution in [0.4, 0.5) is 10.8 Å². The van der Waals surface area contributed by atoms with E-state index in [1.807, 2.05) is 32.0 Å². The normalized spacial score (nSPS) is 16.7. The van der Waals surface area contributed by atoms with Gasteiger partial charge in [-0.15, -0.1) is 10.2 Å². The molecule has 0 bridgehead atoms. The fraction of sp³-hybridized carbons (Fsp3) is 0.267. The first-order valence-electron chi connectivity index (χ1n) is 13.2. The summed E-state index contributed by atoms with van der Waals surface area (Å²) >= 11 is 2.49. The fourth-order valence-electron chi connectivity index (χ4n) is 5.23. The van der Waals surface area contributed by atoms with Gasteiger partial charge in [-0.05, 0) is 55.5 Å². The standard InChI is InChI=1S/C30H28N6O4S2/c1-16-6-4-7-17(2)26(16)33-23(38)15-41-30-35-34-29(42-30)36-21-8-5-9-22(37)25(21)24(20(14-31)27(36)32)18-10-12-19(13-11-18)28(39)40-3/h4,6-7,10-13,24H,5,8-9,15,32H2,1-3H3,(H,33,38). The second kappa shape index (κ2) is 12.2. The highest BCUT2D eigenvalue weighted by Crippen LogP contribution is 2.47. The number of benzene rings is 2. The van der Waals surface area contributed by atoms with Gasteiger partial charge in [-0.3, -0.25) is 14.5 Å². The zero-order valence-electron chi connectivity index (χ0n) is 23.3. The summed E-state index contributed by atoms with van der Waals surface area (Å²) in [7, 11) is 1.31. The molecule has 1 atom stereocenters. The quantitative estimate of drug-likeness (QED) is 0.281. The summed E-state index contributed by atoms with van der Waals surface area (Å²) in [5.74, 6) is -1.07. The molecule has 2 aliphatic rings. The minimum absolute atomic E-state index is 0.0640. The molecule has 0 saturated carbocycles. The number of nitrogens with two attached hydrogens (primary N) is 1. The zero-order chi connectivity index (χ0) is 30.0. The molecule has 1 amide bonds. The smallest absolute Gasteiger partial charge is 0.337 e. The molecular weight excluding hydrogens is 573 g/mol. The van der Waals surface area contributed by atoms with E-state index in [2.05, 4.69) is 21.6 Å². The topological polar surface area (TPSA) is 151 Å². The number of hydrogen-bond donors (Lipinski definition) is 2. The lowest BCUT2D eigenvalue weighted by Crippen LogP contribution is -2.38. The van der Waals surface area contributed by atoms with Gasteiger partial charge in [0.25, 0.3) is 0 Å². The van der Waals surface area contributed by atoms with Crippen molar-refractivity contribution in [2.75, 3.05) is 23.1 Å². The van der Waals surface area contributed by atoms with E-state index in [9.17, 15) is 19.6 Å². The van der Waals surface area contributed by atoms with E-state index in [0.29, 0.717) is 51.1 Å². The number of nitriles is 1. The molecule has 0 spiro atoms. The number of nitrogens with one attached hydrogen (secondary N) is 1. The van der Waals surface area contributed by atoms with Gasteiger partial charge >= 0.3 is 5.97 Å². The Hall–Kier alpha value is -4.47. The monoisotopic (exact) mass is 600 g/mol. The maximum absolute atomic E-state index is 13.3. The van der Waals surface area contributed by atoms with Crippen LogP contribution in [0.25, 0.3) is 0 Å². The number of aromatic nitrogens is 2. The number of amides is 1. The number of Topliss-reactive ketones (excluding diaryl/α,β-unsaturated/α-hetero) is 1. The number of esters is 1. The van der Waals surface area contributed by atoms with Crippen LogP contribution in [0.15, 0.2) is 69.5 Å². The van der Waals surface area contributed by atoms with Crippen molar-refractivity contribution in [1.82, 2.24) is 10.2 Å². The lowest BCUT2D eigenvalue weighted by Gasteiger charge is -2.38. The highest BCUT2D eigenvalue weighted by Gasteiger charge is 2.41. The molecule has 2 aromatic carbocycles. The van der Waals surface area contributed by atoms with E-state index in [-0.39, 0.29) is 28.8 Å². The van der Waals surface area contributed by atoms with Crippen LogP contribution in [0.3, 0.4) is 0 Å². The average molecular weight is 601 g/mol. The van der Waals surface area contributed by atoms with Gasteiger partial charge in [0.15, 0.2) is 10.1 Å². The van der Waals surface area contributed by atoms with Crippen LogP contribution in [-0.2, 0) is 14.3 Å². The molecule has 1 unspecified atom stereocenters. The van der Waals surface area contributed by atoms with Gasteiger partial charge in [0.05, 0.1) is 36.0 Å². The fourth-order valence-corrected chi connectivity index (χ4v) is 6.91. The first kappa shape index (κ1) is 29.0. The number of ketones is 1. The Bertz CT molecular complexity index is 1670. The molecule has 1 aliphatic carbocycles. The summed E-state index contributed by atoms with van der Waals surface area (Å²) in [5.41, 5.74) is 11.8. The Kier molecular flexibility index (Phi) is 8.42. The molecule has 214 valence electrons. The van der Waals surface area contributed by atoms with Gasteiger partial charge in [0.2, 0.25) is 11.0 Å². The minimum atomic E-state index is -0.670. The molecule has 2 heterocycles. The zero-order valence-corrected chi connectivity index (χ0v) is 24.9. The number of allylic oxidation sites excluding steroid dienone is 3. The summed E-state index contributed by atoms with van der Waals surface area (Å²) in [6, 6.07) is 14.7. The Balaban J connectivity index is 1.42. The van der Waals surface area contributed by atoms with Crippen LogP contribution in [-0.4, -0.2) is 40.7 Å². The van der Waals surface area contributed by atoms with Crippen LogP contribution >= 0.6 is 23.1 Å². The number of para-hydroxylation sites is 1. The maximum atomic E-state index is 13.3. The predicted octanol–water partition coefficient (Wildman–Crippen LogP) is 4.98. The van der Waals surface area contributed by atoms with E-state index >= 15 is 0 Å².